The van der Waals surface area contributed by atoms with Gasteiger partial charge < -0.3 is 0 Å². The van der Waals surface area contributed by atoms with Crippen molar-refractivity contribution < 1.29 is 0 Å². The molecule has 0 atom stereocenters. The first-order valence-electron chi connectivity index (χ1n) is 8.23. The Balaban J connectivity index is 1.82. The molecule has 1 aromatic heterocycles. The lowest BCUT2D eigenvalue weighted by Gasteiger charge is -2.26. The van der Waals surface area contributed by atoms with Crippen LogP contribution in [0, 0.1) is 25.7 Å². The Morgan fingerprint density at radius 3 is 2.57 bits per heavy atom. The second-order valence-electron chi connectivity index (χ2n) is 6.94. The van der Waals surface area contributed by atoms with Crippen molar-refractivity contribution >= 4 is 27.0 Å². The molecule has 3 rings (SSSR count). The highest BCUT2D eigenvalue weighted by molar-refractivity contribution is 7.20. The summed E-state index contributed by atoms with van der Waals surface area (Å²) in [7, 11) is 0. The second-order valence-corrected chi connectivity index (χ2v) is 7.99. The molecule has 112 valence electrons. The molecule has 1 saturated carbocycles. The molecule has 1 aliphatic carbocycles. The quantitative estimate of drug-likeness (QED) is 0.588. The maximum atomic E-state index is 4.43. The Morgan fingerprint density at radius 2 is 1.90 bits per heavy atom. The normalized spacial score (nSPS) is 22.6. The summed E-state index contributed by atoms with van der Waals surface area (Å²) in [5, 5.41) is 1.45. The van der Waals surface area contributed by atoms with E-state index in [-0.39, 0.29) is 0 Å². The average molecular weight is 298 g/mol. The maximum Gasteiger partial charge on any atom is 0.0354 e. The van der Waals surface area contributed by atoms with E-state index in [4.69, 9.17) is 0 Å². The zero-order valence-electron chi connectivity index (χ0n) is 13.5. The van der Waals surface area contributed by atoms with E-state index >= 15 is 0 Å². The molecule has 2 aromatic rings. The molecule has 0 radical (unpaired) electrons. The highest BCUT2D eigenvalue weighted by Crippen LogP contribution is 2.40. The van der Waals surface area contributed by atoms with Crippen LogP contribution in [-0.2, 0) is 0 Å². The molecule has 0 nitrogen and oxygen atoms in total. The van der Waals surface area contributed by atoms with E-state index in [0.29, 0.717) is 0 Å². The molecule has 1 aromatic carbocycles. The number of fused-ring (bicyclic) bond motifs is 1. The fourth-order valence-corrected chi connectivity index (χ4v) is 5.08. The van der Waals surface area contributed by atoms with E-state index in [2.05, 4.69) is 45.5 Å². The molecule has 0 bridgehead atoms. The van der Waals surface area contributed by atoms with Crippen LogP contribution in [0.5, 0.6) is 0 Å². The Morgan fingerprint density at radius 1 is 1.19 bits per heavy atom. The minimum atomic E-state index is 0.861. The van der Waals surface area contributed by atoms with Crippen LogP contribution >= 0.6 is 11.3 Å². The molecule has 0 N–H and O–H groups in total. The molecule has 1 heteroatoms. The van der Waals surface area contributed by atoms with Gasteiger partial charge in [0.1, 0.15) is 0 Å². The third-order valence-corrected chi connectivity index (χ3v) is 6.51. The Kier molecular flexibility index (Phi) is 4.21. The van der Waals surface area contributed by atoms with Gasteiger partial charge in [-0.15, -0.1) is 11.3 Å². The molecule has 0 spiro atoms. The molecule has 1 aliphatic rings. The van der Waals surface area contributed by atoms with Crippen molar-refractivity contribution in [1.29, 1.82) is 0 Å². The Hall–Kier alpha value is -1.08. The lowest BCUT2D eigenvalue weighted by Crippen LogP contribution is -2.12. The highest BCUT2D eigenvalue weighted by Gasteiger charge is 2.21. The van der Waals surface area contributed by atoms with Gasteiger partial charge in [-0.3, -0.25) is 0 Å². The molecular weight excluding hydrogens is 272 g/mol. The van der Waals surface area contributed by atoms with E-state index in [1.165, 1.54) is 63.8 Å². The third-order valence-electron chi connectivity index (χ3n) is 5.15. The number of benzene rings is 1. The second kappa shape index (κ2) is 5.96. The van der Waals surface area contributed by atoms with E-state index < -0.39 is 0 Å². The van der Waals surface area contributed by atoms with Crippen LogP contribution in [0.25, 0.3) is 15.7 Å². The molecule has 21 heavy (non-hydrogen) atoms. The number of allylic oxidation sites excluding steroid dienone is 1. The minimum Gasteiger partial charge on any atom is -0.135 e. The van der Waals surface area contributed by atoms with Crippen molar-refractivity contribution in [2.75, 3.05) is 0 Å². The van der Waals surface area contributed by atoms with Crippen molar-refractivity contribution in [3.63, 3.8) is 0 Å². The summed E-state index contributed by atoms with van der Waals surface area (Å²) in [5.74, 6) is 1.79. The SMILES string of the molecule is C=C(CC1CCC(C)CC1)c1sc2cccc(C)c2c1C. The van der Waals surface area contributed by atoms with E-state index in [1.807, 2.05) is 11.3 Å². The highest BCUT2D eigenvalue weighted by atomic mass is 32.1. The van der Waals surface area contributed by atoms with Gasteiger partial charge in [-0.1, -0.05) is 38.5 Å². The average Bonchev–Trinajstić information content (AvgIpc) is 2.80. The van der Waals surface area contributed by atoms with Crippen molar-refractivity contribution in [3.8, 4) is 0 Å². The van der Waals surface area contributed by atoms with Crippen LogP contribution in [0.1, 0.15) is 55.0 Å². The lowest BCUT2D eigenvalue weighted by molar-refractivity contribution is 0.294. The number of aryl methyl sites for hydroxylation is 2. The zero-order chi connectivity index (χ0) is 15.0. The van der Waals surface area contributed by atoms with Gasteiger partial charge in [0.05, 0.1) is 0 Å². The first-order chi connectivity index (χ1) is 10.1. The fraction of sp³-hybridized carbons (Fsp3) is 0.500. The van der Waals surface area contributed by atoms with Gasteiger partial charge in [0, 0.05) is 9.58 Å². The van der Waals surface area contributed by atoms with E-state index in [9.17, 15) is 0 Å². The zero-order valence-corrected chi connectivity index (χ0v) is 14.4. The summed E-state index contributed by atoms with van der Waals surface area (Å²) < 4.78 is 1.42. The predicted molar refractivity (Wildman–Crippen MR) is 96.1 cm³/mol. The van der Waals surface area contributed by atoms with Crippen molar-refractivity contribution in [2.24, 2.45) is 11.8 Å². The Labute approximate surface area is 132 Å². The lowest BCUT2D eigenvalue weighted by atomic mass is 9.80. The monoisotopic (exact) mass is 298 g/mol. The van der Waals surface area contributed by atoms with Gasteiger partial charge in [-0.2, -0.15) is 0 Å². The van der Waals surface area contributed by atoms with E-state index in [0.717, 1.165) is 11.8 Å². The summed E-state index contributed by atoms with van der Waals surface area (Å²) in [5.41, 5.74) is 4.21. The van der Waals surface area contributed by atoms with Crippen LogP contribution in [0.4, 0.5) is 0 Å². The predicted octanol–water partition coefficient (Wildman–Crippen LogP) is 6.75. The van der Waals surface area contributed by atoms with Gasteiger partial charge in [-0.05, 0) is 73.1 Å². The van der Waals surface area contributed by atoms with Crippen molar-refractivity contribution in [3.05, 3.63) is 40.8 Å². The Bertz CT molecular complexity index is 654. The molecule has 0 unspecified atom stereocenters. The summed E-state index contributed by atoms with van der Waals surface area (Å²) in [4.78, 5) is 1.44. The summed E-state index contributed by atoms with van der Waals surface area (Å²) in [6.45, 7) is 11.3. The number of thiophene rings is 1. The van der Waals surface area contributed by atoms with Gasteiger partial charge in [-0.25, -0.2) is 0 Å². The smallest absolute Gasteiger partial charge is 0.0354 e. The first-order valence-corrected chi connectivity index (χ1v) is 9.04. The standard InChI is InChI=1S/C20H26S/c1-13-8-10-17(11-9-13)12-15(3)20-16(4)19-14(2)6-5-7-18(19)21-20/h5-7,13,17H,3,8-12H2,1-2,4H3. The summed E-state index contributed by atoms with van der Waals surface area (Å²) in [6, 6.07) is 6.64. The molecule has 0 saturated heterocycles. The minimum absolute atomic E-state index is 0.861. The van der Waals surface area contributed by atoms with Crippen LogP contribution in [-0.4, -0.2) is 0 Å². The van der Waals surface area contributed by atoms with Crippen LogP contribution in [0.15, 0.2) is 24.8 Å². The van der Waals surface area contributed by atoms with E-state index in [1.54, 1.807) is 0 Å². The van der Waals surface area contributed by atoms with Crippen LogP contribution in [0.3, 0.4) is 0 Å². The van der Waals surface area contributed by atoms with Crippen molar-refractivity contribution in [1.82, 2.24) is 0 Å². The largest absolute Gasteiger partial charge is 0.135 e. The molecule has 1 heterocycles. The topological polar surface area (TPSA) is 0 Å². The van der Waals surface area contributed by atoms with Crippen LogP contribution in [0.2, 0.25) is 0 Å². The van der Waals surface area contributed by atoms with Gasteiger partial charge in [0.25, 0.3) is 0 Å². The van der Waals surface area contributed by atoms with Crippen LogP contribution < -0.4 is 0 Å². The number of hydrogen-bond acceptors (Lipinski definition) is 1. The number of rotatable bonds is 3. The first kappa shape index (κ1) is 14.8. The van der Waals surface area contributed by atoms with Gasteiger partial charge in [0.15, 0.2) is 0 Å². The molecular formula is C20H26S. The third kappa shape index (κ3) is 2.94. The molecule has 1 fully saturated rings. The summed E-state index contributed by atoms with van der Waals surface area (Å²) >= 11 is 1.94. The number of hydrogen-bond donors (Lipinski definition) is 0. The fourth-order valence-electron chi connectivity index (χ4n) is 3.82. The molecule has 0 amide bonds. The van der Waals surface area contributed by atoms with Crippen molar-refractivity contribution in [2.45, 2.75) is 52.9 Å². The molecule has 0 aliphatic heterocycles. The summed E-state index contributed by atoms with van der Waals surface area (Å²) in [6.07, 6.45) is 6.79. The van der Waals surface area contributed by atoms with Gasteiger partial charge in [0.2, 0.25) is 0 Å². The van der Waals surface area contributed by atoms with Gasteiger partial charge >= 0.3 is 0 Å². The maximum absolute atomic E-state index is 4.43.